The summed E-state index contributed by atoms with van der Waals surface area (Å²) in [6.07, 6.45) is 2.96. The van der Waals surface area contributed by atoms with E-state index in [0.29, 0.717) is 24.2 Å². The van der Waals surface area contributed by atoms with E-state index in [1.165, 1.54) is 0 Å². The summed E-state index contributed by atoms with van der Waals surface area (Å²) in [4.78, 5) is 6.59. The highest BCUT2D eigenvalue weighted by molar-refractivity contribution is 5.54. The van der Waals surface area contributed by atoms with Crippen LogP contribution in [0.4, 0.5) is 0 Å². The second-order valence-corrected chi connectivity index (χ2v) is 6.20. The minimum atomic E-state index is -0.169. The van der Waals surface area contributed by atoms with E-state index >= 15 is 0 Å². The third-order valence-electron chi connectivity index (χ3n) is 4.38. The van der Waals surface area contributed by atoms with Crippen LogP contribution in [0.3, 0.4) is 0 Å². The van der Waals surface area contributed by atoms with E-state index in [9.17, 15) is 5.11 Å². The summed E-state index contributed by atoms with van der Waals surface area (Å²) in [6, 6.07) is 7.53. The molecule has 0 amide bonds. The van der Waals surface area contributed by atoms with Crippen LogP contribution in [0.25, 0.3) is 11.5 Å². The van der Waals surface area contributed by atoms with Gasteiger partial charge in [-0.05, 0) is 50.1 Å². The molecule has 1 saturated carbocycles. The molecule has 2 atom stereocenters. The number of ether oxygens (including phenoxy) is 1. The molecule has 6 nitrogen and oxygen atoms in total. The zero-order chi connectivity index (χ0) is 16.2. The molecule has 3 rings (SSSR count). The Hall–Kier alpha value is -1.92. The molecule has 1 aromatic heterocycles. The van der Waals surface area contributed by atoms with Gasteiger partial charge >= 0.3 is 0 Å². The third kappa shape index (κ3) is 3.89. The van der Waals surface area contributed by atoms with Crippen LogP contribution in [0.2, 0.25) is 0 Å². The molecule has 1 aromatic carbocycles. The Morgan fingerprint density at radius 3 is 2.74 bits per heavy atom. The molecule has 0 saturated heterocycles. The molecule has 2 aromatic rings. The number of aromatic nitrogens is 2. The van der Waals surface area contributed by atoms with Gasteiger partial charge in [0, 0.05) is 12.1 Å². The minimum Gasteiger partial charge on any atom is -0.497 e. The number of benzene rings is 1. The monoisotopic (exact) mass is 317 g/mol. The fourth-order valence-corrected chi connectivity index (χ4v) is 3.11. The lowest BCUT2D eigenvalue weighted by Crippen LogP contribution is -2.29. The average Bonchev–Trinajstić information content (AvgIpc) is 3.17. The van der Waals surface area contributed by atoms with Gasteiger partial charge in [-0.25, -0.2) is 0 Å². The number of nitrogens with zero attached hydrogens (tertiary/aromatic N) is 3. The van der Waals surface area contributed by atoms with Crippen molar-refractivity contribution in [2.24, 2.45) is 5.92 Å². The smallest absolute Gasteiger partial charge is 0.257 e. The molecule has 0 aliphatic heterocycles. The van der Waals surface area contributed by atoms with Crippen LogP contribution < -0.4 is 4.74 Å². The highest BCUT2D eigenvalue weighted by Crippen LogP contribution is 2.26. The lowest BCUT2D eigenvalue weighted by molar-refractivity contribution is 0.107. The van der Waals surface area contributed by atoms with Gasteiger partial charge in [-0.3, -0.25) is 4.90 Å². The molecule has 2 unspecified atom stereocenters. The van der Waals surface area contributed by atoms with Gasteiger partial charge in [-0.1, -0.05) is 11.6 Å². The predicted molar refractivity (Wildman–Crippen MR) is 86.0 cm³/mol. The maximum Gasteiger partial charge on any atom is 0.257 e. The largest absolute Gasteiger partial charge is 0.497 e. The van der Waals surface area contributed by atoms with Gasteiger partial charge in [0.25, 0.3) is 5.89 Å². The molecular weight excluding hydrogens is 294 g/mol. The van der Waals surface area contributed by atoms with Gasteiger partial charge in [0.1, 0.15) is 5.75 Å². The molecule has 0 spiro atoms. The number of methoxy groups -OCH3 is 1. The first-order chi connectivity index (χ1) is 11.2. The predicted octanol–water partition coefficient (Wildman–Crippen LogP) is 2.34. The summed E-state index contributed by atoms with van der Waals surface area (Å²) in [5.74, 6) is 2.32. The number of aliphatic hydroxyl groups is 1. The number of aliphatic hydroxyl groups excluding tert-OH is 1. The van der Waals surface area contributed by atoms with Gasteiger partial charge < -0.3 is 14.4 Å². The van der Waals surface area contributed by atoms with Gasteiger partial charge in [-0.15, -0.1) is 0 Å². The number of rotatable bonds is 6. The van der Waals surface area contributed by atoms with Gasteiger partial charge in [0.15, 0.2) is 5.82 Å². The minimum absolute atomic E-state index is 0.169. The van der Waals surface area contributed by atoms with Crippen molar-refractivity contribution in [3.05, 3.63) is 30.1 Å². The van der Waals surface area contributed by atoms with E-state index in [1.807, 2.05) is 31.3 Å². The van der Waals surface area contributed by atoms with E-state index in [4.69, 9.17) is 9.26 Å². The van der Waals surface area contributed by atoms with Crippen molar-refractivity contribution in [1.29, 1.82) is 0 Å². The highest BCUT2D eigenvalue weighted by Gasteiger charge is 2.26. The van der Waals surface area contributed by atoms with E-state index in [0.717, 1.165) is 37.1 Å². The quantitative estimate of drug-likeness (QED) is 0.882. The molecule has 1 N–H and O–H groups in total. The van der Waals surface area contributed by atoms with E-state index < -0.39 is 0 Å². The number of hydrogen-bond acceptors (Lipinski definition) is 6. The summed E-state index contributed by atoms with van der Waals surface area (Å²) in [6.45, 7) is 1.47. The van der Waals surface area contributed by atoms with Crippen molar-refractivity contribution in [2.45, 2.75) is 31.9 Å². The first-order valence-electron chi connectivity index (χ1n) is 7.99. The topological polar surface area (TPSA) is 71.6 Å². The van der Waals surface area contributed by atoms with Crippen molar-refractivity contribution in [1.82, 2.24) is 15.0 Å². The Morgan fingerprint density at radius 2 is 2.09 bits per heavy atom. The molecule has 124 valence electrons. The molecule has 1 aliphatic rings. The summed E-state index contributed by atoms with van der Waals surface area (Å²) >= 11 is 0. The Bertz CT molecular complexity index is 626. The fourth-order valence-electron chi connectivity index (χ4n) is 3.11. The Balaban J connectivity index is 1.60. The van der Waals surface area contributed by atoms with Crippen LogP contribution in [-0.2, 0) is 6.54 Å². The molecule has 6 heteroatoms. The molecule has 1 heterocycles. The van der Waals surface area contributed by atoms with Crippen molar-refractivity contribution >= 4 is 0 Å². The summed E-state index contributed by atoms with van der Waals surface area (Å²) in [5, 5.41) is 14.0. The van der Waals surface area contributed by atoms with Crippen LogP contribution in [0.1, 0.15) is 25.1 Å². The summed E-state index contributed by atoms with van der Waals surface area (Å²) in [7, 11) is 3.66. The van der Waals surface area contributed by atoms with Crippen molar-refractivity contribution in [2.75, 3.05) is 20.7 Å². The summed E-state index contributed by atoms with van der Waals surface area (Å²) < 4.78 is 10.5. The molecule has 1 aliphatic carbocycles. The fraction of sp³-hybridized carbons (Fsp3) is 0.529. The maximum absolute atomic E-state index is 9.91. The van der Waals surface area contributed by atoms with E-state index in [1.54, 1.807) is 7.11 Å². The van der Waals surface area contributed by atoms with E-state index in [-0.39, 0.29) is 6.10 Å². The van der Waals surface area contributed by atoms with Crippen LogP contribution in [0, 0.1) is 5.92 Å². The first kappa shape index (κ1) is 16.0. The van der Waals surface area contributed by atoms with Gasteiger partial charge in [0.2, 0.25) is 0 Å². The van der Waals surface area contributed by atoms with Crippen LogP contribution >= 0.6 is 0 Å². The van der Waals surface area contributed by atoms with Crippen LogP contribution in [-0.4, -0.2) is 47.0 Å². The summed E-state index contributed by atoms with van der Waals surface area (Å²) in [5.41, 5.74) is 0.874. The average molecular weight is 317 g/mol. The maximum atomic E-state index is 9.91. The Kier molecular flexibility index (Phi) is 4.93. The molecular formula is C17H23N3O3. The Morgan fingerprint density at radius 1 is 1.30 bits per heavy atom. The lowest BCUT2D eigenvalue weighted by Gasteiger charge is -2.21. The second-order valence-electron chi connectivity index (χ2n) is 6.20. The molecule has 0 bridgehead atoms. The van der Waals surface area contributed by atoms with Crippen LogP contribution in [0.5, 0.6) is 5.75 Å². The van der Waals surface area contributed by atoms with Crippen molar-refractivity contribution < 1.29 is 14.4 Å². The zero-order valence-corrected chi connectivity index (χ0v) is 13.6. The van der Waals surface area contributed by atoms with Crippen LogP contribution in [0.15, 0.2) is 28.8 Å². The second kappa shape index (κ2) is 7.10. The SMILES string of the molecule is COc1ccc(-c2nc(CN(C)CC3CCCC3O)no2)cc1. The zero-order valence-electron chi connectivity index (χ0n) is 13.6. The third-order valence-corrected chi connectivity index (χ3v) is 4.38. The van der Waals surface area contributed by atoms with E-state index in [2.05, 4.69) is 15.0 Å². The first-order valence-corrected chi connectivity index (χ1v) is 7.99. The highest BCUT2D eigenvalue weighted by atomic mass is 16.5. The standard InChI is InChI=1S/C17H23N3O3/c1-20(10-13-4-3-5-15(13)21)11-16-18-17(23-19-16)12-6-8-14(22-2)9-7-12/h6-9,13,15,21H,3-5,10-11H2,1-2H3. The molecule has 0 radical (unpaired) electrons. The van der Waals surface area contributed by atoms with Crippen molar-refractivity contribution in [3.63, 3.8) is 0 Å². The number of hydrogen-bond donors (Lipinski definition) is 1. The van der Waals surface area contributed by atoms with Gasteiger partial charge in [-0.2, -0.15) is 4.98 Å². The Labute approximate surface area is 136 Å². The molecule has 1 fully saturated rings. The molecule has 23 heavy (non-hydrogen) atoms. The lowest BCUT2D eigenvalue weighted by atomic mass is 10.1. The normalized spacial score (nSPS) is 21.0. The van der Waals surface area contributed by atoms with Gasteiger partial charge in [0.05, 0.1) is 19.8 Å². The van der Waals surface area contributed by atoms with Crippen molar-refractivity contribution in [3.8, 4) is 17.2 Å².